The maximum Gasteiger partial charge on any atom is 0.322 e. The highest BCUT2D eigenvalue weighted by Gasteiger charge is 2.11. The van der Waals surface area contributed by atoms with Gasteiger partial charge in [-0.25, -0.2) is 8.42 Å². The molecule has 0 saturated heterocycles. The van der Waals surface area contributed by atoms with E-state index in [1.54, 1.807) is 0 Å². The second kappa shape index (κ2) is 7.60. The Hall–Kier alpha value is -2.13. The SMILES string of the molecule is COCCS(=O)(=O)Nc1ccc(C(=O)NCC(=O)O)cc1. The van der Waals surface area contributed by atoms with Gasteiger partial charge in [-0.1, -0.05) is 0 Å². The number of rotatable bonds is 8. The highest BCUT2D eigenvalue weighted by atomic mass is 32.2. The van der Waals surface area contributed by atoms with E-state index < -0.39 is 28.4 Å². The second-order valence-corrected chi connectivity index (χ2v) is 5.91. The minimum absolute atomic E-state index is 0.0744. The van der Waals surface area contributed by atoms with Crippen LogP contribution < -0.4 is 10.0 Å². The number of nitrogens with one attached hydrogen (secondary N) is 2. The van der Waals surface area contributed by atoms with Gasteiger partial charge in [0.05, 0.1) is 12.4 Å². The Bertz CT molecular complexity index is 597. The number of hydrogen-bond donors (Lipinski definition) is 3. The van der Waals surface area contributed by atoms with E-state index >= 15 is 0 Å². The highest BCUT2D eigenvalue weighted by molar-refractivity contribution is 7.92. The number of carboxylic acid groups (broad SMARTS) is 1. The molecule has 0 heterocycles. The maximum absolute atomic E-state index is 11.6. The van der Waals surface area contributed by atoms with Gasteiger partial charge in [-0.05, 0) is 24.3 Å². The molecule has 1 amide bonds. The zero-order chi connectivity index (χ0) is 15.9. The molecule has 9 heteroatoms. The van der Waals surface area contributed by atoms with Crippen molar-refractivity contribution in [2.75, 3.05) is 30.7 Å². The molecule has 0 unspecified atom stereocenters. The van der Waals surface area contributed by atoms with Crippen LogP contribution in [0.15, 0.2) is 24.3 Å². The average Bonchev–Trinajstić information content (AvgIpc) is 2.43. The van der Waals surface area contributed by atoms with E-state index in [9.17, 15) is 18.0 Å². The molecule has 0 aromatic heterocycles. The van der Waals surface area contributed by atoms with Crippen LogP contribution in [-0.4, -0.2) is 51.4 Å². The first-order valence-electron chi connectivity index (χ1n) is 5.93. The minimum Gasteiger partial charge on any atom is -0.480 e. The summed E-state index contributed by atoms with van der Waals surface area (Å²) in [4.78, 5) is 21.9. The first kappa shape index (κ1) is 16.9. The van der Waals surface area contributed by atoms with Crippen LogP contribution in [-0.2, 0) is 19.6 Å². The van der Waals surface area contributed by atoms with Gasteiger partial charge in [0.2, 0.25) is 10.0 Å². The molecule has 0 aliphatic heterocycles. The van der Waals surface area contributed by atoms with Gasteiger partial charge < -0.3 is 15.2 Å². The Kier molecular flexibility index (Phi) is 6.12. The molecular weight excluding hydrogens is 300 g/mol. The fourth-order valence-electron chi connectivity index (χ4n) is 1.37. The lowest BCUT2D eigenvalue weighted by atomic mass is 10.2. The molecule has 8 nitrogen and oxygen atoms in total. The molecule has 0 aliphatic carbocycles. The monoisotopic (exact) mass is 316 g/mol. The van der Waals surface area contributed by atoms with Gasteiger partial charge in [0.25, 0.3) is 5.91 Å². The van der Waals surface area contributed by atoms with Gasteiger partial charge >= 0.3 is 5.97 Å². The molecule has 0 spiro atoms. The number of aliphatic carboxylic acids is 1. The van der Waals surface area contributed by atoms with Gasteiger partial charge in [0, 0.05) is 18.4 Å². The lowest BCUT2D eigenvalue weighted by Crippen LogP contribution is -2.29. The molecule has 116 valence electrons. The zero-order valence-electron chi connectivity index (χ0n) is 11.3. The van der Waals surface area contributed by atoms with Crippen molar-refractivity contribution in [1.29, 1.82) is 0 Å². The first-order valence-corrected chi connectivity index (χ1v) is 7.59. The summed E-state index contributed by atoms with van der Waals surface area (Å²) in [5, 5.41) is 10.7. The number of carbonyl (C=O) groups is 2. The molecule has 3 N–H and O–H groups in total. The van der Waals surface area contributed by atoms with E-state index in [0.717, 1.165) is 0 Å². The Morgan fingerprint density at radius 1 is 1.24 bits per heavy atom. The van der Waals surface area contributed by atoms with Crippen molar-refractivity contribution in [3.05, 3.63) is 29.8 Å². The summed E-state index contributed by atoms with van der Waals surface area (Å²) in [5.74, 6) is -1.87. The van der Waals surface area contributed by atoms with Crippen LogP contribution in [0.5, 0.6) is 0 Å². The summed E-state index contributed by atoms with van der Waals surface area (Å²) >= 11 is 0. The smallest absolute Gasteiger partial charge is 0.322 e. The standard InChI is InChI=1S/C12H16N2O6S/c1-20-6-7-21(18,19)14-10-4-2-9(3-5-10)12(17)13-8-11(15)16/h2-5,14H,6-8H2,1H3,(H,13,17)(H,15,16). The van der Waals surface area contributed by atoms with Crippen molar-refractivity contribution in [3.63, 3.8) is 0 Å². The third-order valence-corrected chi connectivity index (χ3v) is 3.63. The quantitative estimate of drug-likeness (QED) is 0.615. The van der Waals surface area contributed by atoms with Crippen molar-refractivity contribution in [1.82, 2.24) is 5.32 Å². The number of methoxy groups -OCH3 is 1. The van der Waals surface area contributed by atoms with E-state index in [0.29, 0.717) is 5.69 Å². The van der Waals surface area contributed by atoms with Gasteiger partial charge in [0.15, 0.2) is 0 Å². The van der Waals surface area contributed by atoms with E-state index in [2.05, 4.69) is 10.0 Å². The number of anilines is 1. The summed E-state index contributed by atoms with van der Waals surface area (Å²) < 4.78 is 30.3. The largest absolute Gasteiger partial charge is 0.480 e. The summed E-state index contributed by atoms with van der Waals surface area (Å²) in [6.07, 6.45) is 0. The molecule has 0 atom stereocenters. The second-order valence-electron chi connectivity index (χ2n) is 4.07. The highest BCUT2D eigenvalue weighted by Crippen LogP contribution is 2.11. The first-order chi connectivity index (χ1) is 9.84. The maximum atomic E-state index is 11.6. The van der Waals surface area contributed by atoms with Gasteiger partial charge in [-0.2, -0.15) is 0 Å². The number of amides is 1. The van der Waals surface area contributed by atoms with Gasteiger partial charge in [-0.3, -0.25) is 14.3 Å². The lowest BCUT2D eigenvalue weighted by Gasteiger charge is -2.08. The number of hydrogen-bond acceptors (Lipinski definition) is 5. The van der Waals surface area contributed by atoms with Crippen LogP contribution in [0.25, 0.3) is 0 Å². The Morgan fingerprint density at radius 2 is 1.86 bits per heavy atom. The molecular formula is C12H16N2O6S. The minimum atomic E-state index is -3.50. The van der Waals surface area contributed by atoms with Crippen molar-refractivity contribution in [3.8, 4) is 0 Å². The summed E-state index contributed by atoms with van der Waals surface area (Å²) in [6, 6.07) is 5.62. The van der Waals surface area contributed by atoms with Crippen LogP contribution in [0.1, 0.15) is 10.4 Å². The molecule has 1 aromatic carbocycles. The topological polar surface area (TPSA) is 122 Å². The summed E-state index contributed by atoms with van der Waals surface area (Å²) in [6.45, 7) is -0.407. The van der Waals surface area contributed by atoms with Crippen molar-refractivity contribution in [2.45, 2.75) is 0 Å². The van der Waals surface area contributed by atoms with Crippen LogP contribution in [0.2, 0.25) is 0 Å². The molecule has 21 heavy (non-hydrogen) atoms. The average molecular weight is 316 g/mol. The molecule has 1 aromatic rings. The fourth-order valence-corrected chi connectivity index (χ4v) is 2.35. The van der Waals surface area contributed by atoms with Crippen LogP contribution in [0.4, 0.5) is 5.69 Å². The molecule has 0 aliphatic rings. The Morgan fingerprint density at radius 3 is 2.38 bits per heavy atom. The Balaban J connectivity index is 2.65. The number of sulfonamides is 1. The van der Waals surface area contributed by atoms with Gasteiger partial charge in [0.1, 0.15) is 6.54 Å². The molecule has 0 bridgehead atoms. The number of benzene rings is 1. The summed E-state index contributed by atoms with van der Waals surface area (Å²) in [7, 11) is -2.10. The van der Waals surface area contributed by atoms with E-state index in [1.807, 2.05) is 0 Å². The molecule has 0 saturated carbocycles. The van der Waals surface area contributed by atoms with Crippen molar-refractivity contribution < 1.29 is 27.9 Å². The van der Waals surface area contributed by atoms with Crippen molar-refractivity contribution >= 4 is 27.6 Å². The third-order valence-electron chi connectivity index (χ3n) is 2.38. The predicted molar refractivity (Wildman–Crippen MR) is 75.7 cm³/mol. The number of ether oxygens (including phenoxy) is 1. The molecule has 0 radical (unpaired) electrons. The van der Waals surface area contributed by atoms with Gasteiger partial charge in [-0.15, -0.1) is 0 Å². The zero-order valence-corrected chi connectivity index (χ0v) is 12.1. The van der Waals surface area contributed by atoms with Crippen LogP contribution in [0, 0.1) is 0 Å². The van der Waals surface area contributed by atoms with Crippen molar-refractivity contribution in [2.24, 2.45) is 0 Å². The normalized spacial score (nSPS) is 10.9. The number of carbonyl (C=O) groups excluding carboxylic acids is 1. The van der Waals surface area contributed by atoms with E-state index in [-0.39, 0.29) is 17.9 Å². The van der Waals surface area contributed by atoms with Crippen LogP contribution >= 0.6 is 0 Å². The predicted octanol–water partition coefficient (Wildman–Crippen LogP) is -0.111. The number of carboxylic acids is 1. The molecule has 1 rings (SSSR count). The lowest BCUT2D eigenvalue weighted by molar-refractivity contribution is -0.135. The third kappa shape index (κ3) is 6.23. The fraction of sp³-hybridized carbons (Fsp3) is 0.333. The van der Waals surface area contributed by atoms with Crippen LogP contribution in [0.3, 0.4) is 0 Å². The van der Waals surface area contributed by atoms with E-state index in [1.165, 1.54) is 31.4 Å². The Labute approximate surface area is 122 Å². The summed E-state index contributed by atoms with van der Waals surface area (Å²) in [5.41, 5.74) is 0.539. The van der Waals surface area contributed by atoms with E-state index in [4.69, 9.17) is 9.84 Å². The molecule has 0 fully saturated rings.